The van der Waals surface area contributed by atoms with Gasteiger partial charge in [-0.3, -0.25) is 0 Å². The summed E-state index contributed by atoms with van der Waals surface area (Å²) in [6.45, 7) is 6.28. The van der Waals surface area contributed by atoms with Gasteiger partial charge in [-0.15, -0.1) is 0 Å². The molecule has 1 aliphatic rings. The molecule has 1 aliphatic heterocycles. The van der Waals surface area contributed by atoms with Gasteiger partial charge >= 0.3 is 0 Å². The fourth-order valence-corrected chi connectivity index (χ4v) is 2.99. The van der Waals surface area contributed by atoms with Crippen LogP contribution in [0.1, 0.15) is 26.3 Å². The van der Waals surface area contributed by atoms with E-state index in [1.54, 1.807) is 0 Å². The number of para-hydroxylation sites is 1. The number of nitrogens with zero attached hydrogens (tertiary/aromatic N) is 1. The second kappa shape index (κ2) is 5.32. The van der Waals surface area contributed by atoms with Crippen molar-refractivity contribution in [2.45, 2.75) is 39.3 Å². The zero-order chi connectivity index (χ0) is 15.0. The van der Waals surface area contributed by atoms with E-state index in [0.29, 0.717) is 11.7 Å². The van der Waals surface area contributed by atoms with Crippen LogP contribution in [-0.2, 0) is 6.42 Å². The van der Waals surface area contributed by atoms with Crippen LogP contribution in [-0.4, -0.2) is 12.1 Å². The maximum absolute atomic E-state index is 6.02. The minimum absolute atomic E-state index is 0.117. The van der Waals surface area contributed by atoms with Gasteiger partial charge < -0.3 is 15.4 Å². The highest BCUT2D eigenvalue weighted by Crippen LogP contribution is 2.40. The van der Waals surface area contributed by atoms with Gasteiger partial charge in [0, 0.05) is 23.5 Å². The minimum atomic E-state index is 0.117. The Morgan fingerprint density at radius 1 is 1.19 bits per heavy atom. The minimum Gasteiger partial charge on any atom is -0.489 e. The number of hydrogen-bond donors (Lipinski definition) is 1. The molecule has 2 N–H and O–H groups in total. The van der Waals surface area contributed by atoms with Crippen molar-refractivity contribution in [2.75, 3.05) is 10.6 Å². The first-order valence-corrected chi connectivity index (χ1v) is 7.49. The van der Waals surface area contributed by atoms with E-state index in [4.69, 9.17) is 10.5 Å². The largest absolute Gasteiger partial charge is 0.489 e. The van der Waals surface area contributed by atoms with E-state index in [0.717, 1.165) is 17.9 Å². The Labute approximate surface area is 126 Å². The van der Waals surface area contributed by atoms with Gasteiger partial charge in [-0.2, -0.15) is 0 Å². The second-order valence-electron chi connectivity index (χ2n) is 5.94. The van der Waals surface area contributed by atoms with Gasteiger partial charge in [0.1, 0.15) is 5.75 Å². The number of anilines is 3. The third-order valence-electron chi connectivity index (χ3n) is 3.85. The number of nitrogen functional groups attached to an aromatic ring is 1. The normalized spacial score (nSPS) is 17.1. The van der Waals surface area contributed by atoms with Crippen molar-refractivity contribution >= 4 is 17.1 Å². The average Bonchev–Trinajstić information content (AvgIpc) is 2.77. The zero-order valence-electron chi connectivity index (χ0n) is 12.8. The Bertz CT molecular complexity index is 651. The molecule has 0 aliphatic carbocycles. The summed E-state index contributed by atoms with van der Waals surface area (Å²) in [4.78, 5) is 2.36. The molecule has 0 amide bonds. The maximum Gasteiger partial charge on any atom is 0.144 e. The molecule has 0 bridgehead atoms. The predicted molar refractivity (Wildman–Crippen MR) is 88.4 cm³/mol. The lowest BCUT2D eigenvalue weighted by atomic mass is 10.1. The first-order chi connectivity index (χ1) is 10.1. The quantitative estimate of drug-likeness (QED) is 0.860. The third kappa shape index (κ3) is 2.56. The lowest BCUT2D eigenvalue weighted by Gasteiger charge is -2.26. The standard InChI is InChI=1S/C18H22N2O/c1-12(2)21-18-11-15(8-9-16(18)19)20-13(3)10-14-6-4-5-7-17(14)20/h4-9,11-13H,10,19H2,1-3H3. The first-order valence-electron chi connectivity index (χ1n) is 7.49. The van der Waals surface area contributed by atoms with Crippen LogP contribution in [0.2, 0.25) is 0 Å². The molecule has 2 aromatic rings. The molecule has 0 saturated heterocycles. The molecule has 0 fully saturated rings. The summed E-state index contributed by atoms with van der Waals surface area (Å²) in [5.41, 5.74) is 10.5. The van der Waals surface area contributed by atoms with Crippen LogP contribution in [0.15, 0.2) is 42.5 Å². The van der Waals surface area contributed by atoms with Crippen molar-refractivity contribution in [2.24, 2.45) is 0 Å². The van der Waals surface area contributed by atoms with E-state index in [9.17, 15) is 0 Å². The Balaban J connectivity index is 2.01. The van der Waals surface area contributed by atoms with E-state index in [2.05, 4.69) is 42.2 Å². The molecule has 1 heterocycles. The molecule has 0 saturated carbocycles. The van der Waals surface area contributed by atoms with Crippen molar-refractivity contribution in [1.29, 1.82) is 0 Å². The molecule has 110 valence electrons. The fourth-order valence-electron chi connectivity index (χ4n) is 2.99. The molecule has 3 heteroatoms. The van der Waals surface area contributed by atoms with Gasteiger partial charge in [0.15, 0.2) is 0 Å². The summed E-state index contributed by atoms with van der Waals surface area (Å²) in [5.74, 6) is 0.763. The number of rotatable bonds is 3. The van der Waals surface area contributed by atoms with Crippen molar-refractivity contribution in [3.05, 3.63) is 48.0 Å². The number of nitrogens with two attached hydrogens (primary N) is 1. The predicted octanol–water partition coefficient (Wildman–Crippen LogP) is 4.14. The molecular weight excluding hydrogens is 260 g/mol. The van der Waals surface area contributed by atoms with Crippen molar-refractivity contribution < 1.29 is 4.74 Å². The molecule has 0 aromatic heterocycles. The lowest BCUT2D eigenvalue weighted by molar-refractivity contribution is 0.244. The number of benzene rings is 2. The topological polar surface area (TPSA) is 38.5 Å². The van der Waals surface area contributed by atoms with E-state index >= 15 is 0 Å². The Hall–Kier alpha value is -2.16. The lowest BCUT2D eigenvalue weighted by Crippen LogP contribution is -2.24. The third-order valence-corrected chi connectivity index (χ3v) is 3.85. The molecule has 1 atom stereocenters. The second-order valence-corrected chi connectivity index (χ2v) is 5.94. The molecule has 3 nitrogen and oxygen atoms in total. The van der Waals surface area contributed by atoms with Crippen LogP contribution in [0.25, 0.3) is 0 Å². The number of ether oxygens (including phenoxy) is 1. The van der Waals surface area contributed by atoms with Gasteiger partial charge in [-0.25, -0.2) is 0 Å². The van der Waals surface area contributed by atoms with Gasteiger partial charge in [0.05, 0.1) is 11.8 Å². The Morgan fingerprint density at radius 2 is 1.95 bits per heavy atom. The SMILES string of the molecule is CC(C)Oc1cc(N2c3ccccc3CC2C)ccc1N. The van der Waals surface area contributed by atoms with Crippen LogP contribution < -0.4 is 15.4 Å². The highest BCUT2D eigenvalue weighted by molar-refractivity contribution is 5.74. The Morgan fingerprint density at radius 3 is 2.71 bits per heavy atom. The maximum atomic E-state index is 6.02. The van der Waals surface area contributed by atoms with Crippen LogP contribution in [0, 0.1) is 0 Å². The van der Waals surface area contributed by atoms with Crippen LogP contribution in [0.4, 0.5) is 17.1 Å². The number of hydrogen-bond acceptors (Lipinski definition) is 3. The molecule has 1 unspecified atom stereocenters. The molecule has 3 rings (SSSR count). The molecule has 0 radical (unpaired) electrons. The van der Waals surface area contributed by atoms with Crippen molar-refractivity contribution in [3.63, 3.8) is 0 Å². The molecule has 21 heavy (non-hydrogen) atoms. The van der Waals surface area contributed by atoms with Crippen LogP contribution >= 0.6 is 0 Å². The monoisotopic (exact) mass is 282 g/mol. The van der Waals surface area contributed by atoms with E-state index in [1.807, 2.05) is 26.0 Å². The zero-order valence-corrected chi connectivity index (χ0v) is 12.8. The van der Waals surface area contributed by atoms with Gasteiger partial charge in [0.25, 0.3) is 0 Å². The van der Waals surface area contributed by atoms with Crippen LogP contribution in [0.3, 0.4) is 0 Å². The summed E-state index contributed by atoms with van der Waals surface area (Å²) in [7, 11) is 0. The van der Waals surface area contributed by atoms with E-state index in [-0.39, 0.29) is 6.10 Å². The van der Waals surface area contributed by atoms with E-state index < -0.39 is 0 Å². The fraction of sp³-hybridized carbons (Fsp3) is 0.333. The summed E-state index contributed by atoms with van der Waals surface area (Å²) in [5, 5.41) is 0. The van der Waals surface area contributed by atoms with Crippen molar-refractivity contribution in [3.8, 4) is 5.75 Å². The van der Waals surface area contributed by atoms with Crippen molar-refractivity contribution in [1.82, 2.24) is 0 Å². The summed E-state index contributed by atoms with van der Waals surface area (Å²) < 4.78 is 5.82. The highest BCUT2D eigenvalue weighted by Gasteiger charge is 2.27. The summed E-state index contributed by atoms with van der Waals surface area (Å²) in [6.07, 6.45) is 1.19. The average molecular weight is 282 g/mol. The van der Waals surface area contributed by atoms with Gasteiger partial charge in [-0.05, 0) is 51.0 Å². The highest BCUT2D eigenvalue weighted by atomic mass is 16.5. The summed E-state index contributed by atoms with van der Waals surface area (Å²) >= 11 is 0. The smallest absolute Gasteiger partial charge is 0.144 e. The van der Waals surface area contributed by atoms with Crippen LogP contribution in [0.5, 0.6) is 5.75 Å². The molecule has 2 aromatic carbocycles. The number of fused-ring (bicyclic) bond motifs is 1. The van der Waals surface area contributed by atoms with Gasteiger partial charge in [-0.1, -0.05) is 18.2 Å². The van der Waals surface area contributed by atoms with E-state index in [1.165, 1.54) is 11.3 Å². The Kier molecular flexibility index (Phi) is 3.50. The summed E-state index contributed by atoms with van der Waals surface area (Å²) in [6, 6.07) is 15.1. The van der Waals surface area contributed by atoms with Gasteiger partial charge in [0.2, 0.25) is 0 Å². The molecular formula is C18H22N2O. The first kappa shape index (κ1) is 13.8. The molecule has 0 spiro atoms.